The van der Waals surface area contributed by atoms with Crippen LogP contribution in [0.25, 0.3) is 0 Å². The van der Waals surface area contributed by atoms with Crippen molar-refractivity contribution in [2.45, 2.75) is 39.2 Å². The van der Waals surface area contributed by atoms with Crippen LogP contribution in [0.4, 0.5) is 0 Å². The van der Waals surface area contributed by atoms with Crippen LogP contribution < -0.4 is 10.4 Å². The Hall–Kier alpha value is -1.64. The molecule has 0 aliphatic rings. The van der Waals surface area contributed by atoms with E-state index in [1.54, 1.807) is 0 Å². The average molecular weight is 325 g/mol. The monoisotopic (exact) mass is 324 g/mol. The molecule has 0 saturated heterocycles. The molecular formula is C21H28OSi. The third-order valence-corrected chi connectivity index (χ3v) is 9.30. The first-order valence-electron chi connectivity index (χ1n) is 8.38. The van der Waals surface area contributed by atoms with Crippen molar-refractivity contribution in [1.82, 2.24) is 0 Å². The van der Waals surface area contributed by atoms with Crippen LogP contribution in [-0.4, -0.2) is 14.9 Å². The van der Waals surface area contributed by atoms with E-state index < -0.39 is 8.32 Å². The normalized spacial score (nSPS) is 12.7. The van der Waals surface area contributed by atoms with Gasteiger partial charge in [-0.2, -0.15) is 0 Å². The first-order chi connectivity index (χ1) is 11.0. The highest BCUT2D eigenvalue weighted by atomic mass is 28.4. The van der Waals surface area contributed by atoms with Gasteiger partial charge in [-0.1, -0.05) is 93.6 Å². The van der Waals surface area contributed by atoms with Crippen LogP contribution in [0.5, 0.6) is 0 Å². The molecule has 0 heterocycles. The summed E-state index contributed by atoms with van der Waals surface area (Å²) in [6, 6.07) is 21.6. The second-order valence-corrected chi connectivity index (χ2v) is 11.2. The predicted molar refractivity (Wildman–Crippen MR) is 103 cm³/mol. The Balaban J connectivity index is 2.55. The van der Waals surface area contributed by atoms with Crippen molar-refractivity contribution in [1.29, 1.82) is 0 Å². The molecule has 23 heavy (non-hydrogen) atoms. The molecule has 0 fully saturated rings. The van der Waals surface area contributed by atoms with Crippen LogP contribution in [0, 0.1) is 0 Å². The van der Waals surface area contributed by atoms with Crippen molar-refractivity contribution in [3.63, 3.8) is 0 Å². The second-order valence-electron chi connectivity index (χ2n) is 6.87. The second kappa shape index (κ2) is 7.76. The zero-order valence-corrected chi connectivity index (χ0v) is 15.8. The molecule has 0 saturated carbocycles. The Labute approximate surface area is 142 Å². The lowest BCUT2D eigenvalue weighted by atomic mass is 10.2. The Morgan fingerprint density at radius 1 is 0.870 bits per heavy atom. The minimum Gasteiger partial charge on any atom is -0.407 e. The summed E-state index contributed by atoms with van der Waals surface area (Å²) in [5, 5.41) is 2.75. The lowest BCUT2D eigenvalue weighted by Gasteiger charge is -2.43. The molecule has 0 unspecified atom stereocenters. The van der Waals surface area contributed by atoms with Gasteiger partial charge in [-0.05, 0) is 28.8 Å². The van der Waals surface area contributed by atoms with Crippen LogP contribution >= 0.6 is 0 Å². The van der Waals surface area contributed by atoms with Gasteiger partial charge in [0.05, 0.1) is 0 Å². The van der Waals surface area contributed by atoms with E-state index in [4.69, 9.17) is 4.43 Å². The molecule has 122 valence electrons. The van der Waals surface area contributed by atoms with Gasteiger partial charge in [0, 0.05) is 6.61 Å². The van der Waals surface area contributed by atoms with Crippen LogP contribution in [-0.2, 0) is 4.43 Å². The van der Waals surface area contributed by atoms with Crippen molar-refractivity contribution in [3.8, 4) is 0 Å². The lowest BCUT2D eigenvalue weighted by Crippen LogP contribution is -2.66. The molecular weight excluding hydrogens is 296 g/mol. The summed E-state index contributed by atoms with van der Waals surface area (Å²) in [5.74, 6) is 0. The molecule has 0 amide bonds. The largest absolute Gasteiger partial charge is 0.407 e. The molecule has 0 spiro atoms. The quantitative estimate of drug-likeness (QED) is 0.431. The highest BCUT2D eigenvalue weighted by Crippen LogP contribution is 2.36. The SMILES string of the molecule is CC=CCCO[Si](c1ccccc1)(c1ccccc1)C(C)(C)C. The third kappa shape index (κ3) is 3.82. The maximum absolute atomic E-state index is 6.76. The lowest BCUT2D eigenvalue weighted by molar-refractivity contribution is 0.304. The Bertz CT molecular complexity index is 572. The topological polar surface area (TPSA) is 9.23 Å². The molecule has 2 heteroatoms. The van der Waals surface area contributed by atoms with Crippen molar-refractivity contribution >= 4 is 18.7 Å². The zero-order chi connectivity index (χ0) is 16.8. The third-order valence-electron chi connectivity index (χ3n) is 4.26. The minimum atomic E-state index is -2.33. The number of hydrogen-bond acceptors (Lipinski definition) is 1. The molecule has 0 bridgehead atoms. The summed E-state index contributed by atoms with van der Waals surface area (Å²) in [7, 11) is -2.33. The fourth-order valence-corrected chi connectivity index (χ4v) is 7.79. The van der Waals surface area contributed by atoms with Gasteiger partial charge in [0.15, 0.2) is 0 Å². The van der Waals surface area contributed by atoms with E-state index in [1.165, 1.54) is 10.4 Å². The number of allylic oxidation sites excluding steroid dienone is 1. The summed E-state index contributed by atoms with van der Waals surface area (Å²) in [6.07, 6.45) is 5.23. The minimum absolute atomic E-state index is 0.0611. The van der Waals surface area contributed by atoms with E-state index in [0.29, 0.717) is 0 Å². The van der Waals surface area contributed by atoms with E-state index in [0.717, 1.165) is 13.0 Å². The number of hydrogen-bond donors (Lipinski definition) is 0. The maximum Gasteiger partial charge on any atom is 0.261 e. The number of rotatable bonds is 6. The molecule has 0 aliphatic heterocycles. The predicted octanol–water partition coefficient (Wildman–Crippen LogP) is 4.53. The zero-order valence-electron chi connectivity index (χ0n) is 14.8. The van der Waals surface area contributed by atoms with Crippen molar-refractivity contribution in [2.75, 3.05) is 6.61 Å². The molecule has 0 aliphatic carbocycles. The summed E-state index contributed by atoms with van der Waals surface area (Å²) in [4.78, 5) is 0. The van der Waals surface area contributed by atoms with E-state index in [9.17, 15) is 0 Å². The fraction of sp³-hybridized carbons (Fsp3) is 0.333. The maximum atomic E-state index is 6.76. The Morgan fingerprint density at radius 3 is 1.74 bits per heavy atom. The smallest absolute Gasteiger partial charge is 0.261 e. The van der Waals surface area contributed by atoms with Gasteiger partial charge >= 0.3 is 0 Å². The van der Waals surface area contributed by atoms with Gasteiger partial charge in [0.25, 0.3) is 8.32 Å². The molecule has 0 atom stereocenters. The Morgan fingerprint density at radius 2 is 1.35 bits per heavy atom. The first-order valence-corrected chi connectivity index (χ1v) is 10.3. The molecule has 0 aromatic heterocycles. The summed E-state index contributed by atoms with van der Waals surface area (Å²) in [6.45, 7) is 9.76. The van der Waals surface area contributed by atoms with Crippen LogP contribution in [0.1, 0.15) is 34.1 Å². The standard InChI is InChI=1S/C21H28OSi/c1-5-6-13-18-22-23(21(2,3)4,19-14-9-7-10-15-19)20-16-11-8-12-17-20/h5-12,14-17H,13,18H2,1-4H3. The van der Waals surface area contributed by atoms with Crippen LogP contribution in [0.3, 0.4) is 0 Å². The highest BCUT2D eigenvalue weighted by molar-refractivity contribution is 6.99. The van der Waals surface area contributed by atoms with Gasteiger partial charge in [-0.3, -0.25) is 0 Å². The first kappa shape index (κ1) is 17.7. The van der Waals surface area contributed by atoms with E-state index in [-0.39, 0.29) is 5.04 Å². The molecule has 0 radical (unpaired) electrons. The van der Waals surface area contributed by atoms with Gasteiger partial charge in [-0.25, -0.2) is 0 Å². The Kier molecular flexibility index (Phi) is 5.97. The van der Waals surface area contributed by atoms with Gasteiger partial charge < -0.3 is 4.43 Å². The van der Waals surface area contributed by atoms with Crippen molar-refractivity contribution in [2.24, 2.45) is 0 Å². The molecule has 2 aromatic carbocycles. The van der Waals surface area contributed by atoms with Gasteiger partial charge in [0.2, 0.25) is 0 Å². The van der Waals surface area contributed by atoms with Gasteiger partial charge in [0.1, 0.15) is 0 Å². The van der Waals surface area contributed by atoms with Crippen molar-refractivity contribution < 1.29 is 4.43 Å². The fourth-order valence-electron chi connectivity index (χ4n) is 3.21. The molecule has 1 nitrogen and oxygen atoms in total. The van der Waals surface area contributed by atoms with E-state index in [1.807, 2.05) is 0 Å². The highest BCUT2D eigenvalue weighted by Gasteiger charge is 2.49. The summed E-state index contributed by atoms with van der Waals surface area (Å²) >= 11 is 0. The van der Waals surface area contributed by atoms with Crippen LogP contribution in [0.2, 0.25) is 5.04 Å². The van der Waals surface area contributed by atoms with E-state index in [2.05, 4.69) is 101 Å². The van der Waals surface area contributed by atoms with E-state index >= 15 is 0 Å². The molecule has 2 rings (SSSR count). The van der Waals surface area contributed by atoms with Crippen molar-refractivity contribution in [3.05, 3.63) is 72.8 Å². The molecule has 2 aromatic rings. The summed E-state index contributed by atoms with van der Waals surface area (Å²) in [5.41, 5.74) is 0. The molecule has 0 N–H and O–H groups in total. The average Bonchev–Trinajstić information content (AvgIpc) is 2.55. The number of benzene rings is 2. The van der Waals surface area contributed by atoms with Gasteiger partial charge in [-0.15, -0.1) is 0 Å². The summed E-state index contributed by atoms with van der Waals surface area (Å²) < 4.78 is 6.76. The van der Waals surface area contributed by atoms with Crippen LogP contribution in [0.15, 0.2) is 72.8 Å².